The Bertz CT molecular complexity index is 1030. The standard InChI is InChI=1S/C21H18N2O5S/c1-15-6-5-9-17(12-15)22(13-16-7-3-2-4-8-16)19(24)14-28-21(25)18-10-11-20(29-18)23(26)27/h2-12H,13-14H2,1H3. The van der Waals surface area contributed by atoms with Crippen LogP contribution in [0, 0.1) is 17.0 Å². The van der Waals surface area contributed by atoms with Crippen LogP contribution in [-0.2, 0) is 16.1 Å². The maximum Gasteiger partial charge on any atom is 0.349 e. The van der Waals surface area contributed by atoms with Crippen LogP contribution in [0.15, 0.2) is 66.7 Å². The van der Waals surface area contributed by atoms with Crippen LogP contribution in [0.1, 0.15) is 20.8 Å². The quantitative estimate of drug-likeness (QED) is 0.328. The van der Waals surface area contributed by atoms with E-state index >= 15 is 0 Å². The average molecular weight is 410 g/mol. The van der Waals surface area contributed by atoms with E-state index in [-0.39, 0.29) is 15.8 Å². The molecule has 0 saturated carbocycles. The number of aryl methyl sites for hydroxylation is 1. The number of carbonyl (C=O) groups excluding carboxylic acids is 2. The molecule has 3 rings (SSSR count). The molecular formula is C21H18N2O5S. The number of rotatable bonds is 7. The lowest BCUT2D eigenvalue weighted by Gasteiger charge is -2.23. The molecule has 0 unspecified atom stereocenters. The van der Waals surface area contributed by atoms with Gasteiger partial charge in [-0.05, 0) is 36.2 Å². The number of ether oxygens (including phenoxy) is 1. The van der Waals surface area contributed by atoms with Gasteiger partial charge in [-0.2, -0.15) is 0 Å². The molecule has 1 heterocycles. The summed E-state index contributed by atoms with van der Waals surface area (Å²) in [5.74, 6) is -1.15. The molecule has 0 aliphatic rings. The number of anilines is 1. The van der Waals surface area contributed by atoms with Crippen molar-refractivity contribution in [3.63, 3.8) is 0 Å². The van der Waals surface area contributed by atoms with E-state index in [2.05, 4.69) is 0 Å². The van der Waals surface area contributed by atoms with E-state index in [0.29, 0.717) is 23.6 Å². The third-order valence-corrected chi connectivity index (χ3v) is 5.11. The normalized spacial score (nSPS) is 10.4. The van der Waals surface area contributed by atoms with Crippen LogP contribution >= 0.6 is 11.3 Å². The van der Waals surface area contributed by atoms with Gasteiger partial charge in [-0.15, -0.1) is 0 Å². The average Bonchev–Trinajstić information content (AvgIpc) is 3.21. The number of benzene rings is 2. The first-order valence-corrected chi connectivity index (χ1v) is 9.58. The number of thiophene rings is 1. The SMILES string of the molecule is Cc1cccc(N(Cc2ccccc2)C(=O)COC(=O)c2ccc([N+](=O)[O-])s2)c1. The van der Waals surface area contributed by atoms with Gasteiger partial charge in [0.15, 0.2) is 6.61 Å². The molecule has 0 spiro atoms. The molecule has 148 valence electrons. The zero-order valence-corrected chi connectivity index (χ0v) is 16.4. The Kier molecular flexibility index (Phi) is 6.36. The lowest BCUT2D eigenvalue weighted by atomic mass is 10.1. The fourth-order valence-electron chi connectivity index (χ4n) is 2.70. The molecule has 2 aromatic carbocycles. The lowest BCUT2D eigenvalue weighted by molar-refractivity contribution is -0.380. The Labute approximate surface area is 171 Å². The van der Waals surface area contributed by atoms with E-state index in [0.717, 1.165) is 11.1 Å². The lowest BCUT2D eigenvalue weighted by Crippen LogP contribution is -2.34. The summed E-state index contributed by atoms with van der Waals surface area (Å²) < 4.78 is 5.11. The summed E-state index contributed by atoms with van der Waals surface area (Å²) in [7, 11) is 0. The summed E-state index contributed by atoms with van der Waals surface area (Å²) in [6.07, 6.45) is 0. The predicted molar refractivity (Wildman–Crippen MR) is 110 cm³/mol. The molecule has 0 fully saturated rings. The number of nitro groups is 1. The van der Waals surface area contributed by atoms with Crippen molar-refractivity contribution in [1.29, 1.82) is 0 Å². The van der Waals surface area contributed by atoms with Crippen molar-refractivity contribution in [1.82, 2.24) is 0 Å². The van der Waals surface area contributed by atoms with Gasteiger partial charge in [-0.3, -0.25) is 14.9 Å². The molecule has 8 heteroatoms. The Morgan fingerprint density at radius 2 is 1.83 bits per heavy atom. The number of esters is 1. The second kappa shape index (κ2) is 9.11. The third-order valence-electron chi connectivity index (χ3n) is 4.10. The van der Waals surface area contributed by atoms with Crippen LogP contribution in [0.3, 0.4) is 0 Å². The van der Waals surface area contributed by atoms with Crippen molar-refractivity contribution in [2.45, 2.75) is 13.5 Å². The minimum absolute atomic E-state index is 0.0784. The van der Waals surface area contributed by atoms with E-state index in [1.807, 2.05) is 61.5 Å². The van der Waals surface area contributed by atoms with Gasteiger partial charge < -0.3 is 9.64 Å². The van der Waals surface area contributed by atoms with Crippen LogP contribution in [-0.4, -0.2) is 23.4 Å². The molecule has 1 amide bonds. The van der Waals surface area contributed by atoms with Gasteiger partial charge in [0.1, 0.15) is 4.88 Å². The van der Waals surface area contributed by atoms with Crippen molar-refractivity contribution in [2.75, 3.05) is 11.5 Å². The number of carbonyl (C=O) groups is 2. The molecule has 0 N–H and O–H groups in total. The van der Waals surface area contributed by atoms with Gasteiger partial charge in [0, 0.05) is 11.8 Å². The van der Waals surface area contributed by atoms with E-state index in [1.165, 1.54) is 12.1 Å². The van der Waals surface area contributed by atoms with Crippen LogP contribution < -0.4 is 4.90 Å². The van der Waals surface area contributed by atoms with Crippen LogP contribution in [0.25, 0.3) is 0 Å². The van der Waals surface area contributed by atoms with Gasteiger partial charge >= 0.3 is 11.0 Å². The summed E-state index contributed by atoms with van der Waals surface area (Å²) in [5.41, 5.74) is 2.63. The maximum absolute atomic E-state index is 12.9. The summed E-state index contributed by atoms with van der Waals surface area (Å²) in [6.45, 7) is 1.79. The fraction of sp³-hybridized carbons (Fsp3) is 0.143. The Morgan fingerprint density at radius 3 is 2.48 bits per heavy atom. The molecular weight excluding hydrogens is 392 g/mol. The van der Waals surface area contributed by atoms with E-state index in [1.54, 1.807) is 4.90 Å². The zero-order chi connectivity index (χ0) is 20.8. The highest BCUT2D eigenvalue weighted by molar-refractivity contribution is 7.17. The number of hydrogen-bond donors (Lipinski definition) is 0. The summed E-state index contributed by atoms with van der Waals surface area (Å²) in [5, 5.41) is 10.6. The zero-order valence-electron chi connectivity index (χ0n) is 15.6. The van der Waals surface area contributed by atoms with Gasteiger partial charge in [0.25, 0.3) is 5.91 Å². The second-order valence-corrected chi connectivity index (χ2v) is 7.34. The number of amides is 1. The van der Waals surface area contributed by atoms with E-state index < -0.39 is 17.5 Å². The highest BCUT2D eigenvalue weighted by Crippen LogP contribution is 2.25. The van der Waals surface area contributed by atoms with Crippen molar-refractivity contribution in [3.8, 4) is 0 Å². The second-order valence-electron chi connectivity index (χ2n) is 6.28. The molecule has 29 heavy (non-hydrogen) atoms. The summed E-state index contributed by atoms with van der Waals surface area (Å²) in [6, 6.07) is 19.5. The Balaban J connectivity index is 1.73. The minimum Gasteiger partial charge on any atom is -0.451 e. The predicted octanol–water partition coefficient (Wildman–Crippen LogP) is 4.35. The number of nitrogens with zero attached hydrogens (tertiary/aromatic N) is 2. The molecule has 7 nitrogen and oxygen atoms in total. The van der Waals surface area contributed by atoms with Crippen molar-refractivity contribution < 1.29 is 19.2 Å². The molecule has 3 aromatic rings. The topological polar surface area (TPSA) is 89.8 Å². The monoisotopic (exact) mass is 410 g/mol. The highest BCUT2D eigenvalue weighted by atomic mass is 32.1. The smallest absolute Gasteiger partial charge is 0.349 e. The molecule has 0 bridgehead atoms. The molecule has 0 aliphatic heterocycles. The molecule has 0 aliphatic carbocycles. The van der Waals surface area contributed by atoms with Crippen LogP contribution in [0.2, 0.25) is 0 Å². The van der Waals surface area contributed by atoms with Gasteiger partial charge in [-0.25, -0.2) is 4.79 Å². The highest BCUT2D eigenvalue weighted by Gasteiger charge is 2.21. The minimum atomic E-state index is -0.764. The molecule has 0 atom stereocenters. The first kappa shape index (κ1) is 20.2. The van der Waals surface area contributed by atoms with Crippen LogP contribution in [0.4, 0.5) is 10.7 Å². The van der Waals surface area contributed by atoms with Gasteiger partial charge in [-0.1, -0.05) is 53.8 Å². The van der Waals surface area contributed by atoms with Crippen LogP contribution in [0.5, 0.6) is 0 Å². The van der Waals surface area contributed by atoms with Crippen molar-refractivity contribution in [3.05, 3.63) is 92.8 Å². The first-order valence-electron chi connectivity index (χ1n) is 8.76. The maximum atomic E-state index is 12.9. The van der Waals surface area contributed by atoms with Gasteiger partial charge in [0.05, 0.1) is 11.5 Å². The first-order chi connectivity index (χ1) is 13.9. The number of hydrogen-bond acceptors (Lipinski definition) is 6. The molecule has 0 radical (unpaired) electrons. The largest absolute Gasteiger partial charge is 0.451 e. The molecule has 0 saturated heterocycles. The molecule has 1 aromatic heterocycles. The van der Waals surface area contributed by atoms with Crippen molar-refractivity contribution >= 4 is 33.9 Å². The van der Waals surface area contributed by atoms with Crippen molar-refractivity contribution in [2.24, 2.45) is 0 Å². The Hall–Kier alpha value is -3.52. The third kappa shape index (κ3) is 5.26. The Morgan fingerprint density at radius 1 is 1.07 bits per heavy atom. The van der Waals surface area contributed by atoms with E-state index in [9.17, 15) is 19.7 Å². The summed E-state index contributed by atoms with van der Waals surface area (Å²) in [4.78, 5) is 36.8. The summed E-state index contributed by atoms with van der Waals surface area (Å²) >= 11 is 0.712. The van der Waals surface area contributed by atoms with E-state index in [4.69, 9.17) is 4.74 Å². The van der Waals surface area contributed by atoms with Gasteiger partial charge in [0.2, 0.25) is 0 Å². The fourth-order valence-corrected chi connectivity index (χ4v) is 3.41.